The van der Waals surface area contributed by atoms with E-state index in [4.69, 9.17) is 4.74 Å². The number of aromatic nitrogens is 1. The average molecular weight is 343 g/mol. The molecule has 3 aromatic rings. The molecule has 0 unspecified atom stereocenters. The van der Waals surface area contributed by atoms with Crippen LogP contribution < -0.4 is 9.54 Å². The van der Waals surface area contributed by atoms with Gasteiger partial charge in [0.1, 0.15) is 5.75 Å². The number of thiazole rings is 1. The van der Waals surface area contributed by atoms with E-state index >= 15 is 0 Å². The predicted octanol–water partition coefficient (Wildman–Crippen LogP) is 4.01. The monoisotopic (exact) mass is 343 g/mol. The second kappa shape index (κ2) is 6.93. The second-order valence-corrected chi connectivity index (χ2v) is 7.02. The highest BCUT2D eigenvalue weighted by molar-refractivity contribution is 7.13. The quantitative estimate of drug-likeness (QED) is 0.660. The fourth-order valence-corrected chi connectivity index (χ4v) is 3.71. The number of benzene rings is 1. The number of thiophene rings is 1. The van der Waals surface area contributed by atoms with Crippen molar-refractivity contribution in [2.45, 2.75) is 6.92 Å². The van der Waals surface area contributed by atoms with E-state index < -0.39 is 0 Å². The van der Waals surface area contributed by atoms with Gasteiger partial charge in [0.2, 0.25) is 4.80 Å². The van der Waals surface area contributed by atoms with Crippen molar-refractivity contribution in [3.8, 4) is 17.0 Å². The maximum absolute atomic E-state index is 5.22. The highest BCUT2D eigenvalue weighted by Gasteiger charge is 2.07. The van der Waals surface area contributed by atoms with Crippen LogP contribution in [0, 0.1) is 6.92 Å². The summed E-state index contributed by atoms with van der Waals surface area (Å²) in [6, 6.07) is 12.1. The molecule has 6 heteroatoms. The molecule has 0 aliphatic carbocycles. The Hall–Kier alpha value is -2.18. The Morgan fingerprint density at radius 3 is 2.52 bits per heavy atom. The maximum Gasteiger partial charge on any atom is 0.205 e. The lowest BCUT2D eigenvalue weighted by molar-refractivity contribution is 0.415. The summed E-state index contributed by atoms with van der Waals surface area (Å²) in [7, 11) is 3.45. The molecule has 0 saturated carbocycles. The van der Waals surface area contributed by atoms with E-state index in [1.165, 1.54) is 4.88 Å². The van der Waals surface area contributed by atoms with Crippen molar-refractivity contribution < 1.29 is 4.74 Å². The molecular weight excluding hydrogens is 326 g/mol. The van der Waals surface area contributed by atoms with E-state index in [-0.39, 0.29) is 0 Å². The van der Waals surface area contributed by atoms with Gasteiger partial charge in [-0.15, -0.1) is 22.7 Å². The van der Waals surface area contributed by atoms with E-state index in [1.54, 1.807) is 36.8 Å². The Bertz CT molecular complexity index is 885. The van der Waals surface area contributed by atoms with E-state index in [9.17, 15) is 0 Å². The third kappa shape index (κ3) is 3.43. The summed E-state index contributed by atoms with van der Waals surface area (Å²) in [5.74, 6) is 0.841. The minimum absolute atomic E-state index is 0.841. The number of hydrogen-bond donors (Lipinski definition) is 0. The van der Waals surface area contributed by atoms with E-state index in [0.29, 0.717) is 0 Å². The lowest BCUT2D eigenvalue weighted by Gasteiger charge is -2.04. The number of methoxy groups -OCH3 is 1. The van der Waals surface area contributed by atoms with Crippen LogP contribution in [0.4, 0.5) is 0 Å². The van der Waals surface area contributed by atoms with Gasteiger partial charge in [-0.3, -0.25) is 4.99 Å². The van der Waals surface area contributed by atoms with Crippen molar-refractivity contribution in [2.75, 3.05) is 14.2 Å². The molecule has 118 valence electrons. The second-order valence-electron chi connectivity index (χ2n) is 4.86. The van der Waals surface area contributed by atoms with Crippen molar-refractivity contribution >= 4 is 28.9 Å². The molecule has 0 fully saturated rings. The van der Waals surface area contributed by atoms with Crippen molar-refractivity contribution in [3.63, 3.8) is 0 Å². The predicted molar refractivity (Wildman–Crippen MR) is 97.8 cm³/mol. The molecular formula is C17H17N3OS2. The summed E-state index contributed by atoms with van der Waals surface area (Å²) in [5, 5.41) is 6.70. The molecule has 0 amide bonds. The number of rotatable bonds is 4. The molecule has 0 N–H and O–H groups in total. The van der Waals surface area contributed by atoms with Gasteiger partial charge in [0.05, 0.1) is 19.0 Å². The molecule has 3 rings (SSSR count). The molecule has 1 aromatic carbocycles. The van der Waals surface area contributed by atoms with Crippen LogP contribution in [0.3, 0.4) is 0 Å². The molecule has 0 aliphatic heterocycles. The van der Waals surface area contributed by atoms with Crippen LogP contribution in [0.1, 0.15) is 9.75 Å². The van der Waals surface area contributed by atoms with E-state index in [2.05, 4.69) is 34.5 Å². The molecule has 0 saturated heterocycles. The normalized spacial score (nSPS) is 12.2. The van der Waals surface area contributed by atoms with Gasteiger partial charge in [-0.25, -0.2) is 4.68 Å². The average Bonchev–Trinajstić information content (AvgIpc) is 3.18. The zero-order valence-corrected chi connectivity index (χ0v) is 14.8. The molecule has 0 bridgehead atoms. The molecule has 2 heterocycles. The van der Waals surface area contributed by atoms with Gasteiger partial charge in [-0.2, -0.15) is 5.10 Å². The SMILES string of the molecule is CN=c1scc(-c2ccc(OC)cc2)n1N=Cc1ccc(C)s1. The van der Waals surface area contributed by atoms with Crippen LogP contribution in [-0.4, -0.2) is 25.0 Å². The van der Waals surface area contributed by atoms with Crippen LogP contribution in [0.15, 0.2) is 51.9 Å². The standard InChI is InChI=1S/C17H17N3OS2/c1-12-4-9-15(23-12)10-19-20-16(11-22-17(20)18-2)13-5-7-14(21-3)8-6-13/h4-11H,1-3H3. The van der Waals surface area contributed by atoms with Crippen LogP contribution in [0.2, 0.25) is 0 Å². The highest BCUT2D eigenvalue weighted by atomic mass is 32.1. The molecule has 4 nitrogen and oxygen atoms in total. The van der Waals surface area contributed by atoms with Gasteiger partial charge >= 0.3 is 0 Å². The van der Waals surface area contributed by atoms with Gasteiger partial charge in [-0.05, 0) is 43.3 Å². The molecule has 0 spiro atoms. The Balaban J connectivity index is 2.01. The lowest BCUT2D eigenvalue weighted by Crippen LogP contribution is -2.11. The van der Waals surface area contributed by atoms with E-state index in [0.717, 1.165) is 26.7 Å². The van der Waals surface area contributed by atoms with Crippen molar-refractivity contribution in [3.05, 3.63) is 56.3 Å². The first-order valence-electron chi connectivity index (χ1n) is 7.10. The summed E-state index contributed by atoms with van der Waals surface area (Å²) in [6.07, 6.45) is 1.88. The van der Waals surface area contributed by atoms with Crippen LogP contribution in [-0.2, 0) is 0 Å². The third-order valence-electron chi connectivity index (χ3n) is 3.32. The number of ether oxygens (including phenoxy) is 1. The topological polar surface area (TPSA) is 38.9 Å². The fourth-order valence-electron chi connectivity index (χ4n) is 2.16. The van der Waals surface area contributed by atoms with Crippen molar-refractivity contribution in [1.82, 2.24) is 4.68 Å². The zero-order chi connectivity index (χ0) is 16.2. The summed E-state index contributed by atoms with van der Waals surface area (Å²) >= 11 is 3.30. The minimum atomic E-state index is 0.841. The first-order chi connectivity index (χ1) is 11.2. The lowest BCUT2D eigenvalue weighted by atomic mass is 10.2. The highest BCUT2D eigenvalue weighted by Crippen LogP contribution is 2.23. The Morgan fingerprint density at radius 1 is 1.13 bits per heavy atom. The smallest absolute Gasteiger partial charge is 0.205 e. The van der Waals surface area contributed by atoms with Crippen molar-refractivity contribution in [2.24, 2.45) is 10.1 Å². The van der Waals surface area contributed by atoms with Crippen molar-refractivity contribution in [1.29, 1.82) is 0 Å². The molecule has 0 radical (unpaired) electrons. The largest absolute Gasteiger partial charge is 0.497 e. The minimum Gasteiger partial charge on any atom is -0.497 e. The first-order valence-corrected chi connectivity index (χ1v) is 8.79. The summed E-state index contributed by atoms with van der Waals surface area (Å²) in [6.45, 7) is 2.09. The number of nitrogens with zero attached hydrogens (tertiary/aromatic N) is 3. The van der Waals surface area contributed by atoms with Crippen LogP contribution in [0.25, 0.3) is 11.3 Å². The Labute approximate surface area is 143 Å². The fraction of sp³-hybridized carbons (Fsp3) is 0.176. The number of aryl methyl sites for hydroxylation is 1. The Morgan fingerprint density at radius 2 is 1.91 bits per heavy atom. The van der Waals surface area contributed by atoms with Crippen LogP contribution >= 0.6 is 22.7 Å². The summed E-state index contributed by atoms with van der Waals surface area (Å²) in [5.41, 5.74) is 2.10. The molecule has 0 aliphatic rings. The summed E-state index contributed by atoms with van der Waals surface area (Å²) < 4.78 is 7.09. The van der Waals surface area contributed by atoms with Gasteiger partial charge in [0.15, 0.2) is 0 Å². The first kappa shape index (κ1) is 15.7. The van der Waals surface area contributed by atoms with Crippen LogP contribution in [0.5, 0.6) is 5.75 Å². The molecule has 0 atom stereocenters. The maximum atomic E-state index is 5.22. The molecule has 23 heavy (non-hydrogen) atoms. The molecule has 2 aromatic heterocycles. The zero-order valence-electron chi connectivity index (χ0n) is 13.2. The van der Waals surface area contributed by atoms with Gasteiger partial charge < -0.3 is 4.74 Å². The number of hydrogen-bond acceptors (Lipinski definition) is 5. The van der Waals surface area contributed by atoms with Gasteiger partial charge in [0, 0.05) is 27.7 Å². The van der Waals surface area contributed by atoms with E-state index in [1.807, 2.05) is 35.2 Å². The summed E-state index contributed by atoms with van der Waals surface area (Å²) in [4.78, 5) is 7.58. The van der Waals surface area contributed by atoms with Gasteiger partial charge in [-0.1, -0.05) is 0 Å². The Kier molecular flexibility index (Phi) is 4.73. The third-order valence-corrected chi connectivity index (χ3v) is 5.17. The van der Waals surface area contributed by atoms with Gasteiger partial charge in [0.25, 0.3) is 0 Å².